The van der Waals surface area contributed by atoms with Crippen LogP contribution in [0.25, 0.3) is 5.69 Å². The predicted octanol–water partition coefficient (Wildman–Crippen LogP) is 2.81. The van der Waals surface area contributed by atoms with Crippen molar-refractivity contribution in [1.29, 1.82) is 0 Å². The van der Waals surface area contributed by atoms with Gasteiger partial charge in [-0.25, -0.2) is 9.67 Å². The fourth-order valence-corrected chi connectivity index (χ4v) is 3.16. The Morgan fingerprint density at radius 1 is 1.24 bits per heavy atom. The molecule has 0 aliphatic rings. The van der Waals surface area contributed by atoms with Crippen molar-refractivity contribution in [3.8, 4) is 10.9 Å². The lowest BCUT2D eigenvalue weighted by atomic mass is 10.3. The molecule has 3 rings (SSSR count). The number of rotatable bonds is 6. The minimum Gasteiger partial charge on any atom is -0.469 e. The van der Waals surface area contributed by atoms with Gasteiger partial charge in [0.25, 0.3) is 5.19 Å². The van der Waals surface area contributed by atoms with Gasteiger partial charge in [0.05, 0.1) is 18.0 Å². The molecule has 0 fully saturated rings. The van der Waals surface area contributed by atoms with E-state index in [1.54, 1.807) is 11.0 Å². The summed E-state index contributed by atoms with van der Waals surface area (Å²) >= 11 is 2.98. The third-order valence-corrected chi connectivity index (χ3v) is 4.41. The molecule has 6 nitrogen and oxygen atoms in total. The number of para-hydroxylation sites is 1. The highest BCUT2D eigenvalue weighted by Crippen LogP contribution is 2.25. The lowest BCUT2D eigenvalue weighted by molar-refractivity contribution is 0.335. The third kappa shape index (κ3) is 3.59. The van der Waals surface area contributed by atoms with Gasteiger partial charge < -0.3 is 4.74 Å². The lowest BCUT2D eigenvalue weighted by Crippen LogP contribution is -1.93. The molecular weight excluding hydrogens is 306 g/mol. The summed E-state index contributed by atoms with van der Waals surface area (Å²) in [7, 11) is 0. The molecule has 3 aromatic rings. The quantitative estimate of drug-likeness (QED) is 0.651. The van der Waals surface area contributed by atoms with Crippen LogP contribution in [0.15, 0.2) is 41.8 Å². The van der Waals surface area contributed by atoms with Gasteiger partial charge in [-0.05, 0) is 19.1 Å². The molecule has 0 N–H and O–H groups in total. The van der Waals surface area contributed by atoms with E-state index < -0.39 is 0 Å². The summed E-state index contributed by atoms with van der Waals surface area (Å²) in [6, 6.07) is 9.90. The second-order valence-electron chi connectivity index (χ2n) is 3.99. The second-order valence-corrected chi connectivity index (χ2v) is 5.96. The van der Waals surface area contributed by atoms with Gasteiger partial charge in [-0.2, -0.15) is 0 Å². The second kappa shape index (κ2) is 6.68. The van der Waals surface area contributed by atoms with Crippen molar-refractivity contribution >= 4 is 23.1 Å². The average molecular weight is 319 g/mol. The Kier molecular flexibility index (Phi) is 4.46. The molecule has 0 aliphatic heterocycles. The van der Waals surface area contributed by atoms with Crippen molar-refractivity contribution in [2.75, 3.05) is 6.61 Å². The Hall–Kier alpha value is -1.93. The largest absolute Gasteiger partial charge is 0.469 e. The Balaban J connectivity index is 1.62. The summed E-state index contributed by atoms with van der Waals surface area (Å²) in [6.07, 6.45) is 1.71. The molecule has 108 valence electrons. The van der Waals surface area contributed by atoms with Gasteiger partial charge in [0.15, 0.2) is 0 Å². The molecule has 2 heterocycles. The maximum Gasteiger partial charge on any atom is 0.294 e. The SMILES string of the molecule is CCOc1nnc(CSc2ncn(-c3ccccc3)n2)s1. The molecule has 0 aliphatic carbocycles. The highest BCUT2D eigenvalue weighted by atomic mass is 32.2. The molecule has 2 aromatic heterocycles. The van der Waals surface area contributed by atoms with E-state index in [0.717, 1.165) is 10.7 Å². The van der Waals surface area contributed by atoms with E-state index in [1.165, 1.54) is 23.1 Å². The number of thioether (sulfide) groups is 1. The molecule has 0 bridgehead atoms. The topological polar surface area (TPSA) is 65.7 Å². The predicted molar refractivity (Wildman–Crippen MR) is 82.0 cm³/mol. The molecule has 1 aromatic carbocycles. The molecule has 0 atom stereocenters. The van der Waals surface area contributed by atoms with Gasteiger partial charge in [0.2, 0.25) is 5.16 Å². The number of aromatic nitrogens is 5. The van der Waals surface area contributed by atoms with Crippen LogP contribution in [0.4, 0.5) is 0 Å². The fraction of sp³-hybridized carbons (Fsp3) is 0.231. The van der Waals surface area contributed by atoms with Gasteiger partial charge in [0, 0.05) is 0 Å². The van der Waals surface area contributed by atoms with Crippen molar-refractivity contribution < 1.29 is 4.74 Å². The van der Waals surface area contributed by atoms with E-state index in [0.29, 0.717) is 22.7 Å². The summed E-state index contributed by atoms with van der Waals surface area (Å²) < 4.78 is 7.06. The smallest absolute Gasteiger partial charge is 0.294 e. The Bertz CT molecular complexity index is 697. The van der Waals surface area contributed by atoms with E-state index in [1.807, 2.05) is 37.3 Å². The summed E-state index contributed by atoms with van der Waals surface area (Å²) in [4.78, 5) is 4.29. The number of ether oxygens (including phenoxy) is 1. The zero-order valence-corrected chi connectivity index (χ0v) is 13.0. The summed E-state index contributed by atoms with van der Waals surface area (Å²) in [5.41, 5.74) is 0.992. The van der Waals surface area contributed by atoms with E-state index in [2.05, 4.69) is 20.3 Å². The van der Waals surface area contributed by atoms with Gasteiger partial charge in [-0.1, -0.05) is 41.3 Å². The molecule has 8 heteroatoms. The van der Waals surface area contributed by atoms with Crippen LogP contribution in [-0.2, 0) is 5.75 Å². The highest BCUT2D eigenvalue weighted by Gasteiger charge is 2.08. The van der Waals surface area contributed by atoms with E-state index in [4.69, 9.17) is 4.74 Å². The Morgan fingerprint density at radius 2 is 2.10 bits per heavy atom. The van der Waals surface area contributed by atoms with Crippen LogP contribution in [0.5, 0.6) is 5.19 Å². The first-order chi connectivity index (χ1) is 10.3. The molecule has 0 radical (unpaired) electrons. The molecular formula is C13H13N5OS2. The molecule has 0 spiro atoms. The number of hydrogen-bond donors (Lipinski definition) is 0. The monoisotopic (exact) mass is 319 g/mol. The Morgan fingerprint density at radius 3 is 2.90 bits per heavy atom. The average Bonchev–Trinajstić information content (AvgIpc) is 3.16. The van der Waals surface area contributed by atoms with Gasteiger partial charge in [-0.15, -0.1) is 15.3 Å². The van der Waals surface area contributed by atoms with Crippen LogP contribution in [0.1, 0.15) is 11.9 Å². The molecule has 0 amide bonds. The normalized spacial score (nSPS) is 10.7. The number of hydrogen-bond acceptors (Lipinski definition) is 7. The maximum atomic E-state index is 5.30. The van der Waals surface area contributed by atoms with Crippen molar-refractivity contribution in [3.05, 3.63) is 41.7 Å². The van der Waals surface area contributed by atoms with Crippen LogP contribution in [-0.4, -0.2) is 31.6 Å². The van der Waals surface area contributed by atoms with Crippen LogP contribution >= 0.6 is 23.1 Å². The van der Waals surface area contributed by atoms with Gasteiger partial charge in [0.1, 0.15) is 11.3 Å². The summed E-state index contributed by atoms with van der Waals surface area (Å²) in [6.45, 7) is 2.53. The summed E-state index contributed by atoms with van der Waals surface area (Å²) in [5, 5.41) is 14.7. The molecule has 0 saturated carbocycles. The minimum absolute atomic E-state index is 0.602. The van der Waals surface area contributed by atoms with Gasteiger partial charge >= 0.3 is 0 Å². The van der Waals surface area contributed by atoms with Crippen LogP contribution < -0.4 is 4.74 Å². The first kappa shape index (κ1) is 14.0. The van der Waals surface area contributed by atoms with Crippen LogP contribution in [0.2, 0.25) is 0 Å². The van der Waals surface area contributed by atoms with Gasteiger partial charge in [-0.3, -0.25) is 0 Å². The van der Waals surface area contributed by atoms with Crippen molar-refractivity contribution in [1.82, 2.24) is 25.0 Å². The zero-order valence-electron chi connectivity index (χ0n) is 11.3. The standard InChI is InChI=1S/C13H13N5OS2/c1-2-19-13-16-15-11(21-13)8-20-12-14-9-18(17-12)10-6-4-3-5-7-10/h3-7,9H,2,8H2,1H3. The zero-order chi connectivity index (χ0) is 14.5. The minimum atomic E-state index is 0.602. The van der Waals surface area contributed by atoms with E-state index >= 15 is 0 Å². The Labute approximate surface area is 130 Å². The van der Waals surface area contributed by atoms with E-state index in [-0.39, 0.29) is 0 Å². The highest BCUT2D eigenvalue weighted by molar-refractivity contribution is 7.98. The maximum absolute atomic E-state index is 5.30. The fourth-order valence-electron chi connectivity index (χ4n) is 1.62. The first-order valence-electron chi connectivity index (χ1n) is 6.40. The lowest BCUT2D eigenvalue weighted by Gasteiger charge is -1.97. The summed E-state index contributed by atoms with van der Waals surface area (Å²) in [5.74, 6) is 0.684. The van der Waals surface area contributed by atoms with Crippen LogP contribution in [0, 0.1) is 0 Å². The third-order valence-electron chi connectivity index (χ3n) is 2.53. The number of nitrogens with zero attached hydrogens (tertiary/aromatic N) is 5. The van der Waals surface area contributed by atoms with Crippen molar-refractivity contribution in [2.24, 2.45) is 0 Å². The first-order valence-corrected chi connectivity index (χ1v) is 8.20. The van der Waals surface area contributed by atoms with Crippen LogP contribution in [0.3, 0.4) is 0 Å². The molecule has 0 unspecified atom stereocenters. The molecule has 0 saturated heterocycles. The van der Waals surface area contributed by atoms with Crippen molar-refractivity contribution in [2.45, 2.75) is 17.8 Å². The van der Waals surface area contributed by atoms with E-state index in [9.17, 15) is 0 Å². The molecule has 21 heavy (non-hydrogen) atoms. The van der Waals surface area contributed by atoms with Crippen molar-refractivity contribution in [3.63, 3.8) is 0 Å². The number of benzene rings is 1.